The highest BCUT2D eigenvalue weighted by Gasteiger charge is 2.37. The SMILES string of the molecule is CN(C)C1(Cc2cccc(Cl)c2)CCC(NC(=O)CCC(=O)N2CCN(c3ccccc3F)CC2)CC1. The van der Waals surface area contributed by atoms with Gasteiger partial charge in [0.1, 0.15) is 5.82 Å². The van der Waals surface area contributed by atoms with Gasteiger partial charge in [-0.05, 0) is 76.0 Å². The van der Waals surface area contributed by atoms with Gasteiger partial charge in [-0.15, -0.1) is 0 Å². The predicted molar refractivity (Wildman–Crippen MR) is 146 cm³/mol. The summed E-state index contributed by atoms with van der Waals surface area (Å²) in [5.41, 5.74) is 1.86. The van der Waals surface area contributed by atoms with Crippen LogP contribution in [0.1, 0.15) is 44.1 Å². The van der Waals surface area contributed by atoms with E-state index in [0.29, 0.717) is 31.9 Å². The van der Waals surface area contributed by atoms with Crippen molar-refractivity contribution in [1.82, 2.24) is 15.1 Å². The first kappa shape index (κ1) is 27.4. The first-order valence-electron chi connectivity index (χ1n) is 13.2. The summed E-state index contributed by atoms with van der Waals surface area (Å²) in [5, 5.41) is 3.92. The Balaban J connectivity index is 1.19. The summed E-state index contributed by atoms with van der Waals surface area (Å²) in [5.74, 6) is -0.315. The zero-order chi connectivity index (χ0) is 26.4. The Morgan fingerprint density at radius 3 is 2.38 bits per heavy atom. The molecular formula is C29H38ClFN4O2. The van der Waals surface area contributed by atoms with Crippen LogP contribution in [-0.4, -0.2) is 73.5 Å². The summed E-state index contributed by atoms with van der Waals surface area (Å²) in [6.45, 7) is 2.25. The fourth-order valence-electron chi connectivity index (χ4n) is 5.69. The molecule has 200 valence electrons. The molecule has 37 heavy (non-hydrogen) atoms. The highest BCUT2D eigenvalue weighted by Crippen LogP contribution is 2.36. The van der Waals surface area contributed by atoms with Gasteiger partial charge in [0.2, 0.25) is 11.8 Å². The van der Waals surface area contributed by atoms with E-state index in [1.807, 2.05) is 29.2 Å². The predicted octanol–water partition coefficient (Wildman–Crippen LogP) is 4.51. The van der Waals surface area contributed by atoms with Crippen molar-refractivity contribution >= 4 is 29.1 Å². The molecule has 1 saturated carbocycles. The van der Waals surface area contributed by atoms with E-state index in [1.165, 1.54) is 11.6 Å². The molecule has 1 N–H and O–H groups in total. The Kier molecular flexibility index (Phi) is 9.08. The summed E-state index contributed by atoms with van der Waals surface area (Å²) in [4.78, 5) is 31.4. The summed E-state index contributed by atoms with van der Waals surface area (Å²) in [7, 11) is 4.26. The molecular weight excluding hydrogens is 491 g/mol. The standard InChI is InChI=1S/C29H38ClFN4O2/c1-33(2)29(21-22-6-5-7-23(30)20-22)14-12-24(13-15-29)32-27(36)10-11-28(37)35-18-16-34(17-19-35)26-9-4-3-8-25(26)31/h3-9,20,24H,10-19,21H2,1-2H3,(H,32,36). The Hall–Kier alpha value is -2.64. The number of anilines is 1. The number of benzene rings is 2. The number of halogens is 2. The number of hydrogen-bond acceptors (Lipinski definition) is 4. The minimum Gasteiger partial charge on any atom is -0.366 e. The van der Waals surface area contributed by atoms with Crippen LogP contribution in [0, 0.1) is 5.82 Å². The summed E-state index contributed by atoms with van der Waals surface area (Å²) >= 11 is 6.20. The first-order chi connectivity index (χ1) is 17.8. The number of likely N-dealkylation sites (N-methyl/N-ethyl adjacent to an activating group) is 1. The van der Waals surface area contributed by atoms with Crippen LogP contribution in [0.25, 0.3) is 0 Å². The quantitative estimate of drug-likeness (QED) is 0.548. The number of para-hydroxylation sites is 1. The molecule has 2 aromatic carbocycles. The van der Waals surface area contributed by atoms with Crippen LogP contribution in [0.3, 0.4) is 0 Å². The normalized spacial score (nSPS) is 22.2. The van der Waals surface area contributed by atoms with Crippen LogP contribution < -0.4 is 10.2 Å². The molecule has 1 heterocycles. The van der Waals surface area contributed by atoms with Gasteiger partial charge in [-0.25, -0.2) is 4.39 Å². The Bertz CT molecular complexity index is 1080. The summed E-state index contributed by atoms with van der Waals surface area (Å²) in [6, 6.07) is 14.9. The number of nitrogens with zero attached hydrogens (tertiary/aromatic N) is 3. The first-order valence-corrected chi connectivity index (χ1v) is 13.6. The Morgan fingerprint density at radius 2 is 1.73 bits per heavy atom. The molecule has 0 atom stereocenters. The van der Waals surface area contributed by atoms with Crippen molar-refractivity contribution < 1.29 is 14.0 Å². The van der Waals surface area contributed by atoms with Crippen LogP contribution in [0.15, 0.2) is 48.5 Å². The van der Waals surface area contributed by atoms with Crippen molar-refractivity contribution in [3.05, 3.63) is 64.9 Å². The molecule has 0 unspecified atom stereocenters. The second-order valence-corrected chi connectivity index (χ2v) is 11.0. The third-order valence-corrected chi connectivity index (χ3v) is 8.28. The molecule has 0 bridgehead atoms. The van der Waals surface area contributed by atoms with Gasteiger partial charge in [0, 0.05) is 55.6 Å². The maximum atomic E-state index is 14.1. The molecule has 2 aliphatic rings. The molecule has 0 spiro atoms. The van der Waals surface area contributed by atoms with Gasteiger partial charge in [-0.3, -0.25) is 9.59 Å². The highest BCUT2D eigenvalue weighted by atomic mass is 35.5. The number of piperazine rings is 1. The number of rotatable bonds is 8. The topological polar surface area (TPSA) is 55.9 Å². The Labute approximate surface area is 224 Å². The number of nitrogens with one attached hydrogen (secondary N) is 1. The largest absolute Gasteiger partial charge is 0.366 e. The summed E-state index contributed by atoms with van der Waals surface area (Å²) < 4.78 is 14.1. The molecule has 0 radical (unpaired) electrons. The van der Waals surface area contributed by atoms with E-state index >= 15 is 0 Å². The van der Waals surface area contributed by atoms with Crippen molar-refractivity contribution in [3.8, 4) is 0 Å². The molecule has 1 aliphatic heterocycles. The van der Waals surface area contributed by atoms with E-state index in [9.17, 15) is 14.0 Å². The summed E-state index contributed by atoms with van der Waals surface area (Å²) in [6.07, 6.45) is 5.14. The van der Waals surface area contributed by atoms with Crippen LogP contribution >= 0.6 is 11.6 Å². The maximum Gasteiger partial charge on any atom is 0.223 e. The van der Waals surface area contributed by atoms with Gasteiger partial charge in [0.25, 0.3) is 0 Å². The van der Waals surface area contributed by atoms with E-state index < -0.39 is 0 Å². The number of carbonyl (C=O) groups excluding carboxylic acids is 2. The molecule has 2 amide bonds. The van der Waals surface area contributed by atoms with Gasteiger partial charge in [-0.1, -0.05) is 35.9 Å². The van der Waals surface area contributed by atoms with E-state index in [0.717, 1.165) is 37.1 Å². The van der Waals surface area contributed by atoms with E-state index in [-0.39, 0.29) is 42.1 Å². The molecule has 8 heteroatoms. The fourth-order valence-corrected chi connectivity index (χ4v) is 5.90. The Morgan fingerprint density at radius 1 is 1.03 bits per heavy atom. The zero-order valence-corrected chi connectivity index (χ0v) is 22.6. The van der Waals surface area contributed by atoms with Crippen LogP contribution in [0.5, 0.6) is 0 Å². The third-order valence-electron chi connectivity index (χ3n) is 8.04. The van der Waals surface area contributed by atoms with Gasteiger partial charge in [-0.2, -0.15) is 0 Å². The average molecular weight is 529 g/mol. The van der Waals surface area contributed by atoms with E-state index in [4.69, 9.17) is 11.6 Å². The van der Waals surface area contributed by atoms with Crippen molar-refractivity contribution in [2.24, 2.45) is 0 Å². The van der Waals surface area contributed by atoms with Crippen molar-refractivity contribution in [3.63, 3.8) is 0 Å². The lowest BCUT2D eigenvalue weighted by Crippen LogP contribution is -2.52. The average Bonchev–Trinajstić information content (AvgIpc) is 2.89. The second kappa shape index (κ2) is 12.3. The van der Waals surface area contributed by atoms with E-state index in [1.54, 1.807) is 17.0 Å². The molecule has 1 aliphatic carbocycles. The van der Waals surface area contributed by atoms with Crippen LogP contribution in [-0.2, 0) is 16.0 Å². The zero-order valence-electron chi connectivity index (χ0n) is 21.9. The lowest BCUT2D eigenvalue weighted by atomic mass is 9.75. The van der Waals surface area contributed by atoms with E-state index in [2.05, 4.69) is 30.4 Å². The second-order valence-electron chi connectivity index (χ2n) is 10.6. The lowest BCUT2D eigenvalue weighted by Gasteiger charge is -2.45. The van der Waals surface area contributed by atoms with Gasteiger partial charge in [0.05, 0.1) is 5.69 Å². The number of hydrogen-bond donors (Lipinski definition) is 1. The molecule has 2 fully saturated rings. The minimum absolute atomic E-state index is 0.0138. The van der Waals surface area contributed by atoms with Gasteiger partial charge < -0.3 is 20.0 Å². The number of amides is 2. The lowest BCUT2D eigenvalue weighted by molar-refractivity contribution is -0.134. The van der Waals surface area contributed by atoms with Crippen molar-refractivity contribution in [1.29, 1.82) is 0 Å². The van der Waals surface area contributed by atoms with Gasteiger partial charge >= 0.3 is 0 Å². The fraction of sp³-hybridized carbons (Fsp3) is 0.517. The molecule has 6 nitrogen and oxygen atoms in total. The van der Waals surface area contributed by atoms with Crippen LogP contribution in [0.2, 0.25) is 5.02 Å². The molecule has 2 aromatic rings. The minimum atomic E-state index is -0.242. The third kappa shape index (κ3) is 7.02. The maximum absolute atomic E-state index is 14.1. The molecule has 1 saturated heterocycles. The monoisotopic (exact) mass is 528 g/mol. The highest BCUT2D eigenvalue weighted by molar-refractivity contribution is 6.30. The number of carbonyl (C=O) groups is 2. The van der Waals surface area contributed by atoms with Crippen molar-refractivity contribution in [2.75, 3.05) is 45.2 Å². The van der Waals surface area contributed by atoms with Crippen LogP contribution in [0.4, 0.5) is 10.1 Å². The molecule has 4 rings (SSSR count). The smallest absolute Gasteiger partial charge is 0.223 e. The van der Waals surface area contributed by atoms with Crippen molar-refractivity contribution in [2.45, 2.75) is 56.5 Å². The van der Waals surface area contributed by atoms with Gasteiger partial charge in [0.15, 0.2) is 0 Å². The molecule has 0 aromatic heterocycles.